The Morgan fingerprint density at radius 1 is 0.951 bits per heavy atom. The second-order valence-corrected chi connectivity index (χ2v) is 11.5. The third kappa shape index (κ3) is 8.20. The number of carbonyl (C=O) groups is 2. The molecule has 0 saturated carbocycles. The van der Waals surface area contributed by atoms with Gasteiger partial charge in [0.1, 0.15) is 29.9 Å². The van der Waals surface area contributed by atoms with E-state index in [2.05, 4.69) is 5.32 Å². The van der Waals surface area contributed by atoms with Crippen LogP contribution in [0.15, 0.2) is 77.7 Å². The van der Waals surface area contributed by atoms with E-state index in [0.29, 0.717) is 23.7 Å². The Labute approximate surface area is 240 Å². The molecular formula is C30H36FN3O6S. The number of nitrogens with one attached hydrogen (secondary N) is 1. The fourth-order valence-corrected chi connectivity index (χ4v) is 5.51. The zero-order valence-corrected chi connectivity index (χ0v) is 24.7. The number of halogens is 1. The molecule has 11 heteroatoms. The molecule has 41 heavy (non-hydrogen) atoms. The zero-order valence-electron chi connectivity index (χ0n) is 23.8. The van der Waals surface area contributed by atoms with Gasteiger partial charge in [-0.3, -0.25) is 13.9 Å². The Bertz CT molecular complexity index is 1430. The van der Waals surface area contributed by atoms with E-state index >= 15 is 0 Å². The molecule has 0 aromatic heterocycles. The number of hydrogen-bond acceptors (Lipinski definition) is 6. The first-order valence-electron chi connectivity index (χ1n) is 13.2. The lowest BCUT2D eigenvalue weighted by Gasteiger charge is -2.32. The number of rotatable bonds is 13. The number of amides is 2. The van der Waals surface area contributed by atoms with Crippen LogP contribution in [-0.2, 0) is 26.2 Å². The maximum Gasteiger partial charge on any atom is 0.264 e. The van der Waals surface area contributed by atoms with Crippen molar-refractivity contribution in [2.45, 2.75) is 51.2 Å². The Kier molecular flexibility index (Phi) is 10.7. The molecule has 3 aromatic rings. The van der Waals surface area contributed by atoms with Crippen LogP contribution in [0.25, 0.3) is 0 Å². The number of anilines is 1. The van der Waals surface area contributed by atoms with Gasteiger partial charge in [-0.05, 0) is 93.9 Å². The summed E-state index contributed by atoms with van der Waals surface area (Å²) in [6.07, 6.45) is 0. The third-order valence-electron chi connectivity index (χ3n) is 6.20. The van der Waals surface area contributed by atoms with Gasteiger partial charge in [0, 0.05) is 12.6 Å². The van der Waals surface area contributed by atoms with Crippen LogP contribution >= 0.6 is 0 Å². The van der Waals surface area contributed by atoms with E-state index < -0.39 is 34.3 Å². The molecule has 0 aliphatic carbocycles. The molecule has 0 saturated heterocycles. The summed E-state index contributed by atoms with van der Waals surface area (Å²) in [6, 6.07) is 16.6. The maximum atomic E-state index is 13.9. The highest BCUT2D eigenvalue weighted by molar-refractivity contribution is 7.92. The van der Waals surface area contributed by atoms with Gasteiger partial charge in [0.25, 0.3) is 10.0 Å². The van der Waals surface area contributed by atoms with Gasteiger partial charge in [0.15, 0.2) is 0 Å². The first-order chi connectivity index (χ1) is 19.5. The van der Waals surface area contributed by atoms with Crippen molar-refractivity contribution in [2.75, 3.05) is 24.6 Å². The molecule has 220 valence electrons. The minimum atomic E-state index is -4.29. The molecule has 0 aliphatic rings. The summed E-state index contributed by atoms with van der Waals surface area (Å²) in [5.41, 5.74) is 0.777. The van der Waals surface area contributed by atoms with E-state index in [1.807, 2.05) is 6.92 Å². The molecule has 1 N–H and O–H groups in total. The maximum absolute atomic E-state index is 13.9. The molecule has 0 aliphatic heterocycles. The van der Waals surface area contributed by atoms with Crippen molar-refractivity contribution in [1.29, 1.82) is 0 Å². The summed E-state index contributed by atoms with van der Waals surface area (Å²) >= 11 is 0. The van der Waals surface area contributed by atoms with Crippen molar-refractivity contribution in [3.63, 3.8) is 0 Å². The summed E-state index contributed by atoms with van der Waals surface area (Å²) in [6.45, 7) is 6.80. The minimum Gasteiger partial charge on any atom is -0.497 e. The minimum absolute atomic E-state index is 0.0169. The molecule has 0 bridgehead atoms. The van der Waals surface area contributed by atoms with E-state index in [1.54, 1.807) is 45.0 Å². The molecule has 0 spiro atoms. The molecule has 9 nitrogen and oxygen atoms in total. The van der Waals surface area contributed by atoms with Crippen molar-refractivity contribution in [1.82, 2.24) is 10.2 Å². The van der Waals surface area contributed by atoms with Crippen LogP contribution in [0.2, 0.25) is 0 Å². The van der Waals surface area contributed by atoms with Gasteiger partial charge in [0.2, 0.25) is 11.8 Å². The number of nitrogens with zero attached hydrogens (tertiary/aromatic N) is 2. The van der Waals surface area contributed by atoms with Crippen LogP contribution < -0.4 is 19.1 Å². The van der Waals surface area contributed by atoms with Crippen molar-refractivity contribution < 1.29 is 31.9 Å². The number of ether oxygens (including phenoxy) is 2. The van der Waals surface area contributed by atoms with Crippen LogP contribution in [0.1, 0.15) is 33.3 Å². The fourth-order valence-electron chi connectivity index (χ4n) is 4.09. The molecule has 3 aromatic carbocycles. The quantitative estimate of drug-likeness (QED) is 0.320. The van der Waals surface area contributed by atoms with Crippen LogP contribution in [0, 0.1) is 5.82 Å². The lowest BCUT2D eigenvalue weighted by Crippen LogP contribution is -2.52. The average Bonchev–Trinajstić information content (AvgIpc) is 2.95. The Hall–Kier alpha value is -4.12. The molecule has 1 atom stereocenters. The predicted octanol–water partition coefficient (Wildman–Crippen LogP) is 4.37. The standard InChI is InChI=1S/C30H36FN3O6S/c1-6-40-26-14-16-28(17-15-26)41(37,38)34(25-12-10-24(31)11-13-25)20-29(35)33(22(4)30(36)32-21(2)3)19-23-8-7-9-27(18-23)39-5/h7-18,21-22H,6,19-20H2,1-5H3,(H,32,36)/t22-/m0/s1. The second-order valence-electron chi connectivity index (χ2n) is 9.60. The molecule has 0 fully saturated rings. The van der Waals surface area contributed by atoms with Gasteiger partial charge in [0.05, 0.1) is 24.3 Å². The topological polar surface area (TPSA) is 105 Å². The lowest BCUT2D eigenvalue weighted by atomic mass is 10.1. The smallest absolute Gasteiger partial charge is 0.264 e. The van der Waals surface area contributed by atoms with E-state index in [0.717, 1.165) is 16.4 Å². The van der Waals surface area contributed by atoms with Gasteiger partial charge < -0.3 is 19.7 Å². The zero-order chi connectivity index (χ0) is 30.2. The van der Waals surface area contributed by atoms with Crippen molar-refractivity contribution in [3.8, 4) is 11.5 Å². The van der Waals surface area contributed by atoms with Gasteiger partial charge in [-0.2, -0.15) is 0 Å². The Morgan fingerprint density at radius 3 is 2.20 bits per heavy atom. The fraction of sp³-hybridized carbons (Fsp3) is 0.333. The number of hydrogen-bond donors (Lipinski definition) is 1. The highest BCUT2D eigenvalue weighted by Gasteiger charge is 2.32. The Morgan fingerprint density at radius 2 is 1.61 bits per heavy atom. The normalized spacial score (nSPS) is 12.0. The average molecular weight is 586 g/mol. The lowest BCUT2D eigenvalue weighted by molar-refractivity contribution is -0.139. The summed E-state index contributed by atoms with van der Waals surface area (Å²) in [4.78, 5) is 28.1. The molecule has 0 radical (unpaired) electrons. The Balaban J connectivity index is 2.02. The first-order valence-corrected chi connectivity index (χ1v) is 14.6. The van der Waals surface area contributed by atoms with E-state index in [4.69, 9.17) is 9.47 Å². The molecule has 0 heterocycles. The highest BCUT2D eigenvalue weighted by atomic mass is 32.2. The van der Waals surface area contributed by atoms with Gasteiger partial charge in [-0.15, -0.1) is 0 Å². The van der Waals surface area contributed by atoms with Crippen LogP contribution in [0.3, 0.4) is 0 Å². The number of carbonyl (C=O) groups excluding carboxylic acids is 2. The molecular weight excluding hydrogens is 549 g/mol. The number of sulfonamides is 1. The predicted molar refractivity (Wildman–Crippen MR) is 155 cm³/mol. The number of methoxy groups -OCH3 is 1. The summed E-state index contributed by atoms with van der Waals surface area (Å²) in [5, 5.41) is 2.81. The summed E-state index contributed by atoms with van der Waals surface area (Å²) in [7, 11) is -2.77. The molecule has 3 rings (SSSR count). The van der Waals surface area contributed by atoms with Gasteiger partial charge >= 0.3 is 0 Å². The van der Waals surface area contributed by atoms with Crippen LogP contribution in [0.4, 0.5) is 10.1 Å². The van der Waals surface area contributed by atoms with Crippen LogP contribution in [-0.4, -0.2) is 57.5 Å². The SMILES string of the molecule is CCOc1ccc(S(=O)(=O)N(CC(=O)N(Cc2cccc(OC)c2)[C@@H](C)C(=O)NC(C)C)c2ccc(F)cc2)cc1. The first kappa shape index (κ1) is 31.4. The third-order valence-corrected chi connectivity index (χ3v) is 7.99. The largest absolute Gasteiger partial charge is 0.497 e. The highest BCUT2D eigenvalue weighted by Crippen LogP contribution is 2.26. The van der Waals surface area contributed by atoms with Crippen molar-refractivity contribution in [3.05, 3.63) is 84.2 Å². The summed E-state index contributed by atoms with van der Waals surface area (Å²) < 4.78 is 53.1. The van der Waals surface area contributed by atoms with Crippen molar-refractivity contribution in [2.24, 2.45) is 0 Å². The monoisotopic (exact) mass is 585 g/mol. The number of benzene rings is 3. The van der Waals surface area contributed by atoms with Gasteiger partial charge in [-0.25, -0.2) is 12.8 Å². The molecule has 2 amide bonds. The van der Waals surface area contributed by atoms with E-state index in [9.17, 15) is 22.4 Å². The summed E-state index contributed by atoms with van der Waals surface area (Å²) in [5.74, 6) is -0.514. The second kappa shape index (κ2) is 14.0. The van der Waals surface area contributed by atoms with Crippen LogP contribution in [0.5, 0.6) is 11.5 Å². The molecule has 0 unspecified atom stereocenters. The van der Waals surface area contributed by atoms with Gasteiger partial charge in [-0.1, -0.05) is 12.1 Å². The van der Waals surface area contributed by atoms with E-state index in [1.165, 1.54) is 48.4 Å². The van der Waals surface area contributed by atoms with E-state index in [-0.39, 0.29) is 29.1 Å². The van der Waals surface area contributed by atoms with Crippen molar-refractivity contribution >= 4 is 27.5 Å².